The van der Waals surface area contributed by atoms with E-state index < -0.39 is 6.11 Å². The van der Waals surface area contributed by atoms with Crippen molar-refractivity contribution in [2.24, 2.45) is 0 Å². The molecule has 3 heteroatoms. The molecule has 58 valence electrons. The summed E-state index contributed by atoms with van der Waals surface area (Å²) in [6, 6.07) is 6.61. The van der Waals surface area contributed by atoms with Crippen molar-refractivity contribution >= 4 is 0 Å². The van der Waals surface area contributed by atoms with Crippen molar-refractivity contribution in [1.29, 1.82) is 0 Å². The van der Waals surface area contributed by atoms with Crippen molar-refractivity contribution in [3.05, 3.63) is 29.8 Å². The molecule has 0 unspecified atom stereocenters. The normalized spacial score (nSPS) is 19.1. The number of rotatable bonds is 0. The van der Waals surface area contributed by atoms with Crippen LogP contribution in [-0.2, 0) is 6.42 Å². The monoisotopic (exact) mass is 156 g/mol. The summed E-state index contributed by atoms with van der Waals surface area (Å²) in [5.74, 6) is 0.303. The molecule has 1 aliphatic heterocycles. The van der Waals surface area contributed by atoms with Crippen LogP contribution in [-0.4, -0.2) is 6.11 Å². The summed E-state index contributed by atoms with van der Waals surface area (Å²) in [5, 5.41) is 0. The Bertz CT molecular complexity index is 256. The molecule has 2 rings (SSSR count). The predicted octanol–water partition coefficient (Wildman–Crippen LogP) is 2.21. The summed E-state index contributed by atoms with van der Waals surface area (Å²) in [7, 11) is 0. The maximum absolute atomic E-state index is 12.5. The van der Waals surface area contributed by atoms with Crippen molar-refractivity contribution in [2.45, 2.75) is 12.5 Å². The molecule has 1 aromatic rings. The van der Waals surface area contributed by atoms with Gasteiger partial charge in [0.1, 0.15) is 5.75 Å². The minimum atomic E-state index is -3.00. The fraction of sp³-hybridized carbons (Fsp3) is 0.250. The zero-order valence-electron chi connectivity index (χ0n) is 5.68. The smallest absolute Gasteiger partial charge is 0.402 e. The fourth-order valence-corrected chi connectivity index (χ4v) is 1.17. The molecule has 1 aliphatic rings. The van der Waals surface area contributed by atoms with E-state index in [4.69, 9.17) is 0 Å². The van der Waals surface area contributed by atoms with E-state index in [0.717, 1.165) is 0 Å². The van der Waals surface area contributed by atoms with Gasteiger partial charge in [-0.15, -0.1) is 0 Å². The Morgan fingerprint density at radius 2 is 2.00 bits per heavy atom. The van der Waals surface area contributed by atoms with Crippen LogP contribution in [0.15, 0.2) is 24.3 Å². The van der Waals surface area contributed by atoms with Crippen molar-refractivity contribution in [2.75, 3.05) is 0 Å². The van der Waals surface area contributed by atoms with Crippen LogP contribution in [0.2, 0.25) is 0 Å². The number of hydrogen-bond acceptors (Lipinski definition) is 1. The third-order valence-electron chi connectivity index (χ3n) is 1.63. The SMILES string of the molecule is FC1(F)Cc2ccccc2O1. The molecule has 0 spiro atoms. The van der Waals surface area contributed by atoms with E-state index in [1.54, 1.807) is 24.3 Å². The highest BCUT2D eigenvalue weighted by atomic mass is 19.3. The second-order valence-electron chi connectivity index (χ2n) is 2.52. The fourth-order valence-electron chi connectivity index (χ4n) is 1.17. The first-order chi connectivity index (χ1) is 5.17. The third kappa shape index (κ3) is 1.06. The van der Waals surface area contributed by atoms with E-state index in [0.29, 0.717) is 11.3 Å². The number of halogens is 2. The second kappa shape index (κ2) is 1.94. The summed E-state index contributed by atoms with van der Waals surface area (Å²) in [4.78, 5) is 0. The summed E-state index contributed by atoms with van der Waals surface area (Å²) < 4.78 is 29.4. The van der Waals surface area contributed by atoms with Gasteiger partial charge in [-0.2, -0.15) is 8.78 Å². The minimum Gasteiger partial charge on any atom is -0.432 e. The molecule has 1 nitrogen and oxygen atoms in total. The average Bonchev–Trinajstić information content (AvgIpc) is 2.21. The van der Waals surface area contributed by atoms with E-state index in [1.807, 2.05) is 0 Å². The molecule has 11 heavy (non-hydrogen) atoms. The van der Waals surface area contributed by atoms with E-state index in [1.165, 1.54) is 0 Å². The van der Waals surface area contributed by atoms with Crippen molar-refractivity contribution < 1.29 is 13.5 Å². The summed E-state index contributed by atoms with van der Waals surface area (Å²) in [6.07, 6.45) is -3.30. The quantitative estimate of drug-likeness (QED) is 0.559. The van der Waals surface area contributed by atoms with Gasteiger partial charge in [-0.05, 0) is 6.07 Å². The number of para-hydroxylation sites is 1. The molecule has 0 radical (unpaired) electrons. The zero-order valence-corrected chi connectivity index (χ0v) is 5.68. The van der Waals surface area contributed by atoms with Crippen LogP contribution < -0.4 is 4.74 Å². The first-order valence-corrected chi connectivity index (χ1v) is 3.32. The molecule has 1 aromatic carbocycles. The third-order valence-corrected chi connectivity index (χ3v) is 1.63. The molecule has 0 saturated heterocycles. The van der Waals surface area contributed by atoms with Gasteiger partial charge in [-0.25, -0.2) is 0 Å². The Labute approximate surface area is 62.6 Å². The van der Waals surface area contributed by atoms with Gasteiger partial charge in [0.2, 0.25) is 0 Å². The van der Waals surface area contributed by atoms with Gasteiger partial charge < -0.3 is 4.74 Å². The van der Waals surface area contributed by atoms with Gasteiger partial charge >= 0.3 is 6.11 Å². The van der Waals surface area contributed by atoms with Crippen molar-refractivity contribution in [1.82, 2.24) is 0 Å². The van der Waals surface area contributed by atoms with Crippen LogP contribution in [0.5, 0.6) is 5.75 Å². The number of benzene rings is 1. The Balaban J connectivity index is 2.41. The van der Waals surface area contributed by atoms with Gasteiger partial charge in [-0.3, -0.25) is 0 Å². The van der Waals surface area contributed by atoms with Crippen LogP contribution >= 0.6 is 0 Å². The average molecular weight is 156 g/mol. The Morgan fingerprint density at radius 1 is 1.27 bits per heavy atom. The van der Waals surface area contributed by atoms with E-state index >= 15 is 0 Å². The van der Waals surface area contributed by atoms with E-state index in [2.05, 4.69) is 4.74 Å². The highest BCUT2D eigenvalue weighted by Gasteiger charge is 2.39. The van der Waals surface area contributed by atoms with Crippen LogP contribution in [0.25, 0.3) is 0 Å². The number of fused-ring (bicyclic) bond motifs is 1. The van der Waals surface area contributed by atoms with Crippen LogP contribution in [0.3, 0.4) is 0 Å². The number of ether oxygens (including phenoxy) is 1. The summed E-state index contributed by atoms with van der Waals surface area (Å²) in [5.41, 5.74) is 0.581. The molecular weight excluding hydrogens is 150 g/mol. The van der Waals surface area contributed by atoms with E-state index in [9.17, 15) is 8.78 Å². The van der Waals surface area contributed by atoms with Crippen molar-refractivity contribution in [3.63, 3.8) is 0 Å². The highest BCUT2D eigenvalue weighted by Crippen LogP contribution is 2.36. The molecule has 0 saturated carbocycles. The molecular formula is C8H6F2O. The lowest BCUT2D eigenvalue weighted by Crippen LogP contribution is -2.20. The maximum Gasteiger partial charge on any atom is 0.402 e. The molecule has 0 atom stereocenters. The summed E-state index contributed by atoms with van der Waals surface area (Å²) >= 11 is 0. The minimum absolute atomic E-state index is 0.302. The zero-order chi connectivity index (χ0) is 7.90. The van der Waals surface area contributed by atoms with E-state index in [-0.39, 0.29) is 6.42 Å². The molecule has 0 fully saturated rings. The van der Waals surface area contributed by atoms with Crippen LogP contribution in [0.4, 0.5) is 8.78 Å². The lowest BCUT2D eigenvalue weighted by atomic mass is 10.2. The molecule has 1 heterocycles. The van der Waals surface area contributed by atoms with Gasteiger partial charge in [0.15, 0.2) is 0 Å². The van der Waals surface area contributed by atoms with Crippen LogP contribution in [0.1, 0.15) is 5.56 Å². The topological polar surface area (TPSA) is 9.23 Å². The standard InChI is InChI=1S/C8H6F2O/c9-8(10)5-6-3-1-2-4-7(6)11-8/h1-4H,5H2. The lowest BCUT2D eigenvalue weighted by Gasteiger charge is -2.06. The lowest BCUT2D eigenvalue weighted by molar-refractivity contribution is -0.159. The first-order valence-electron chi connectivity index (χ1n) is 3.32. The molecule has 0 aliphatic carbocycles. The van der Waals surface area contributed by atoms with Gasteiger partial charge in [0, 0.05) is 5.56 Å². The van der Waals surface area contributed by atoms with Crippen LogP contribution in [0, 0.1) is 0 Å². The largest absolute Gasteiger partial charge is 0.432 e. The Hall–Kier alpha value is -1.12. The predicted molar refractivity (Wildman–Crippen MR) is 35.7 cm³/mol. The van der Waals surface area contributed by atoms with Crippen molar-refractivity contribution in [3.8, 4) is 5.75 Å². The molecule has 0 N–H and O–H groups in total. The highest BCUT2D eigenvalue weighted by molar-refractivity contribution is 5.37. The first kappa shape index (κ1) is 6.58. The molecule has 0 aromatic heterocycles. The molecule has 0 bridgehead atoms. The van der Waals surface area contributed by atoms with Gasteiger partial charge in [-0.1, -0.05) is 18.2 Å². The second-order valence-corrected chi connectivity index (χ2v) is 2.52. The number of alkyl halides is 2. The van der Waals surface area contributed by atoms with Gasteiger partial charge in [0.25, 0.3) is 0 Å². The van der Waals surface area contributed by atoms with Gasteiger partial charge in [0.05, 0.1) is 6.42 Å². The molecule has 0 amide bonds. The summed E-state index contributed by atoms with van der Waals surface area (Å²) in [6.45, 7) is 0. The Kier molecular flexibility index (Phi) is 1.16. The number of hydrogen-bond donors (Lipinski definition) is 0. The maximum atomic E-state index is 12.5. The Morgan fingerprint density at radius 3 is 2.73 bits per heavy atom.